The fraction of sp³-hybridized carbons (Fsp3) is 0.577. The third-order valence-corrected chi connectivity index (χ3v) is 7.38. The number of benzene rings is 1. The number of fused-ring (bicyclic) bond motifs is 4. The summed E-state index contributed by atoms with van der Waals surface area (Å²) in [5.41, 5.74) is 1.98. The quantitative estimate of drug-likeness (QED) is 0.671. The second-order valence-electron chi connectivity index (χ2n) is 9.34. The van der Waals surface area contributed by atoms with Crippen LogP contribution in [0.25, 0.3) is 0 Å². The molecule has 0 radical (unpaired) electrons. The summed E-state index contributed by atoms with van der Waals surface area (Å²) in [7, 11) is 1.58. The van der Waals surface area contributed by atoms with Crippen molar-refractivity contribution < 1.29 is 27.8 Å². The highest BCUT2D eigenvalue weighted by Crippen LogP contribution is 2.43. The number of nitrogens with one attached hydrogen (secondary N) is 1. The standard InChI is InChI=1S/C24H27F2N5O4.C2H6/c1-33-23(5-9-34-10-6-23)21(32)30-12-16-18(13-30)31-8-7-27-22(31)29-20(16)28-11-15-3-2-4-17-19(15)35-14-24(17,25)26;1-2/h2-4H,5-14H2,1H3,(H,27,28,29);1-2H3. The van der Waals surface area contributed by atoms with Gasteiger partial charge in [-0.05, 0) is 6.07 Å². The van der Waals surface area contributed by atoms with Gasteiger partial charge in [0.15, 0.2) is 17.7 Å². The molecule has 1 N–H and O–H groups in total. The van der Waals surface area contributed by atoms with Crippen LogP contribution < -0.4 is 15.5 Å². The third-order valence-electron chi connectivity index (χ3n) is 7.38. The summed E-state index contributed by atoms with van der Waals surface area (Å²) < 4.78 is 46.8. The van der Waals surface area contributed by atoms with E-state index in [1.165, 1.54) is 6.07 Å². The lowest BCUT2D eigenvalue weighted by Crippen LogP contribution is -2.52. The molecule has 37 heavy (non-hydrogen) atoms. The lowest BCUT2D eigenvalue weighted by Gasteiger charge is -2.37. The van der Waals surface area contributed by atoms with Crippen LogP contribution in [0.15, 0.2) is 23.2 Å². The van der Waals surface area contributed by atoms with E-state index in [1.807, 2.05) is 13.8 Å². The summed E-state index contributed by atoms with van der Waals surface area (Å²) in [5.74, 6) is -2.15. The second kappa shape index (κ2) is 10.0. The summed E-state index contributed by atoms with van der Waals surface area (Å²) in [5, 5.41) is 3.27. The molecule has 9 nitrogen and oxygen atoms in total. The predicted octanol–water partition coefficient (Wildman–Crippen LogP) is 2.96. The van der Waals surface area contributed by atoms with Crippen LogP contribution in [-0.2, 0) is 46.4 Å². The normalized spacial score (nSPS) is 20.8. The van der Waals surface area contributed by atoms with Gasteiger partial charge in [-0.1, -0.05) is 26.0 Å². The van der Waals surface area contributed by atoms with Gasteiger partial charge in [-0.2, -0.15) is 13.8 Å². The molecule has 1 aromatic carbocycles. The van der Waals surface area contributed by atoms with Crippen molar-refractivity contribution in [3.63, 3.8) is 0 Å². The van der Waals surface area contributed by atoms with Crippen molar-refractivity contribution in [3.05, 3.63) is 46.1 Å². The molecule has 1 aromatic heterocycles. The Morgan fingerprint density at radius 2 is 2.03 bits per heavy atom. The Kier molecular flexibility index (Phi) is 6.93. The van der Waals surface area contributed by atoms with Gasteiger partial charge in [-0.3, -0.25) is 9.79 Å². The number of hydrogen-bond donors (Lipinski definition) is 1. The molecule has 0 bridgehead atoms. The van der Waals surface area contributed by atoms with E-state index in [4.69, 9.17) is 24.2 Å². The number of methoxy groups -OCH3 is 1. The SMILES string of the molecule is CC.COC1(C(=O)N2Cc3c(n4c(nc3=NCc3cccc5c3OCC5(F)F)NCC4)C2)CCOCC1. The number of amides is 1. The van der Waals surface area contributed by atoms with Crippen LogP contribution in [0, 0.1) is 0 Å². The fourth-order valence-corrected chi connectivity index (χ4v) is 5.41. The zero-order chi connectivity index (χ0) is 26.2. The van der Waals surface area contributed by atoms with Gasteiger partial charge in [-0.25, -0.2) is 0 Å². The predicted molar refractivity (Wildman–Crippen MR) is 131 cm³/mol. The van der Waals surface area contributed by atoms with Gasteiger partial charge >= 0.3 is 5.92 Å². The molecule has 0 saturated carbocycles. The number of nitrogens with zero attached hydrogens (tertiary/aromatic N) is 4. The van der Waals surface area contributed by atoms with E-state index < -0.39 is 18.1 Å². The number of rotatable bonds is 4. The first-order valence-electron chi connectivity index (χ1n) is 12.8. The smallest absolute Gasteiger partial charge is 0.310 e. The van der Waals surface area contributed by atoms with Crippen molar-refractivity contribution in [3.8, 4) is 5.75 Å². The van der Waals surface area contributed by atoms with E-state index >= 15 is 0 Å². The Morgan fingerprint density at radius 1 is 1.24 bits per heavy atom. The summed E-state index contributed by atoms with van der Waals surface area (Å²) in [6.45, 7) is 6.77. The van der Waals surface area contributed by atoms with Gasteiger partial charge in [0.25, 0.3) is 5.91 Å². The highest BCUT2D eigenvalue weighted by molar-refractivity contribution is 5.86. The highest BCUT2D eigenvalue weighted by Gasteiger charge is 2.45. The average molecular weight is 518 g/mol. The number of halogens is 2. The highest BCUT2D eigenvalue weighted by atomic mass is 19.3. The summed E-state index contributed by atoms with van der Waals surface area (Å²) in [6.07, 6.45) is 1.03. The number of carbonyl (C=O) groups is 1. The van der Waals surface area contributed by atoms with Gasteiger partial charge < -0.3 is 29.0 Å². The van der Waals surface area contributed by atoms with Gasteiger partial charge in [0, 0.05) is 63.1 Å². The summed E-state index contributed by atoms with van der Waals surface area (Å²) >= 11 is 0. The maximum absolute atomic E-state index is 14.1. The van der Waals surface area contributed by atoms with Gasteiger partial charge in [0.05, 0.1) is 25.2 Å². The minimum Gasteiger partial charge on any atom is -0.486 e. The lowest BCUT2D eigenvalue weighted by molar-refractivity contribution is -0.167. The Balaban J connectivity index is 0.00000137. The molecule has 1 amide bonds. The van der Waals surface area contributed by atoms with Crippen LogP contribution in [0.3, 0.4) is 0 Å². The summed E-state index contributed by atoms with van der Waals surface area (Å²) in [4.78, 5) is 24.8. The molecule has 6 rings (SSSR count). The molecule has 0 atom stereocenters. The Hall–Kier alpha value is -3.05. The van der Waals surface area contributed by atoms with Gasteiger partial charge in [0.1, 0.15) is 5.75 Å². The first-order valence-corrected chi connectivity index (χ1v) is 12.8. The largest absolute Gasteiger partial charge is 0.486 e. The van der Waals surface area contributed by atoms with Crippen LogP contribution >= 0.6 is 0 Å². The Labute approximate surface area is 214 Å². The number of aromatic nitrogens is 2. The van der Waals surface area contributed by atoms with Crippen LogP contribution in [0.2, 0.25) is 0 Å². The molecule has 5 heterocycles. The Bertz CT molecular complexity index is 1260. The topological polar surface area (TPSA) is 90.2 Å². The Morgan fingerprint density at radius 3 is 2.78 bits per heavy atom. The zero-order valence-electron chi connectivity index (χ0n) is 21.5. The molecule has 4 aliphatic heterocycles. The number of anilines is 1. The molecule has 1 fully saturated rings. The van der Waals surface area contributed by atoms with Crippen LogP contribution in [0.4, 0.5) is 14.7 Å². The number of alkyl halides is 2. The fourth-order valence-electron chi connectivity index (χ4n) is 5.41. The van der Waals surface area contributed by atoms with Crippen molar-refractivity contribution in [2.24, 2.45) is 4.99 Å². The molecule has 2 aromatic rings. The van der Waals surface area contributed by atoms with Crippen molar-refractivity contribution >= 4 is 11.9 Å². The third kappa shape index (κ3) is 4.37. The van der Waals surface area contributed by atoms with Crippen molar-refractivity contribution in [2.75, 3.05) is 38.8 Å². The maximum Gasteiger partial charge on any atom is 0.310 e. The number of carbonyl (C=O) groups excluding carboxylic acids is 1. The minimum atomic E-state index is -3.00. The van der Waals surface area contributed by atoms with Crippen molar-refractivity contribution in [2.45, 2.75) is 64.4 Å². The molecule has 0 spiro atoms. The first-order chi connectivity index (χ1) is 17.9. The van der Waals surface area contributed by atoms with Crippen molar-refractivity contribution in [1.29, 1.82) is 0 Å². The van der Waals surface area contributed by atoms with Crippen LogP contribution in [0.5, 0.6) is 5.75 Å². The molecule has 4 aliphatic rings. The molecule has 0 unspecified atom stereocenters. The van der Waals surface area contributed by atoms with Gasteiger partial charge in [0.2, 0.25) is 5.95 Å². The minimum absolute atomic E-state index is 0.0535. The summed E-state index contributed by atoms with van der Waals surface area (Å²) in [6, 6.07) is 4.74. The molecule has 11 heteroatoms. The molecular weight excluding hydrogens is 484 g/mol. The lowest BCUT2D eigenvalue weighted by atomic mass is 9.92. The molecule has 0 aliphatic carbocycles. The number of ether oxygens (including phenoxy) is 3. The monoisotopic (exact) mass is 517 g/mol. The van der Waals surface area contributed by atoms with Gasteiger partial charge in [-0.15, -0.1) is 0 Å². The van der Waals surface area contributed by atoms with E-state index in [0.29, 0.717) is 56.1 Å². The second-order valence-corrected chi connectivity index (χ2v) is 9.34. The molecule has 1 saturated heterocycles. The van der Waals surface area contributed by atoms with E-state index in [1.54, 1.807) is 24.1 Å². The van der Waals surface area contributed by atoms with E-state index in [0.717, 1.165) is 24.3 Å². The van der Waals surface area contributed by atoms with E-state index in [9.17, 15) is 13.6 Å². The maximum atomic E-state index is 14.1. The molecule has 200 valence electrons. The average Bonchev–Trinajstić information content (AvgIpc) is 3.65. The first kappa shape index (κ1) is 25.6. The van der Waals surface area contributed by atoms with Crippen molar-refractivity contribution in [1.82, 2.24) is 14.5 Å². The van der Waals surface area contributed by atoms with E-state index in [-0.39, 0.29) is 23.8 Å². The zero-order valence-corrected chi connectivity index (χ0v) is 21.5. The van der Waals surface area contributed by atoms with Crippen LogP contribution in [-0.4, -0.2) is 59.4 Å². The van der Waals surface area contributed by atoms with E-state index in [2.05, 4.69) is 9.88 Å². The number of hydrogen-bond acceptors (Lipinski definition) is 7. The number of para-hydroxylation sites is 1. The molecular formula is C26H33F2N5O4. The van der Waals surface area contributed by atoms with Crippen LogP contribution in [0.1, 0.15) is 49.1 Å².